The Morgan fingerprint density at radius 2 is 2.19 bits per heavy atom. The molecule has 1 aromatic heterocycles. The van der Waals surface area contributed by atoms with Gasteiger partial charge in [-0.1, -0.05) is 19.2 Å². The molecule has 4 nitrogen and oxygen atoms in total. The molecule has 0 aliphatic carbocycles. The Labute approximate surface area is 93.2 Å². The Morgan fingerprint density at radius 3 is 2.62 bits per heavy atom. The van der Waals surface area contributed by atoms with Crippen molar-refractivity contribution in [1.82, 2.24) is 4.98 Å². The minimum absolute atomic E-state index is 0.111. The number of hydrogen-bond donors (Lipinski definition) is 1. The van der Waals surface area contributed by atoms with Gasteiger partial charge in [-0.2, -0.15) is 0 Å². The van der Waals surface area contributed by atoms with Crippen LogP contribution in [-0.2, 0) is 0 Å². The van der Waals surface area contributed by atoms with Gasteiger partial charge in [-0.25, -0.2) is 9.78 Å². The summed E-state index contributed by atoms with van der Waals surface area (Å²) in [7, 11) is 0. The maximum Gasteiger partial charge on any atom is 0.337 e. The number of nitrogens with zero attached hydrogens (tertiary/aromatic N) is 1. The first-order valence-electron chi connectivity index (χ1n) is 4.49. The van der Waals surface area contributed by atoms with E-state index in [1.807, 2.05) is 0 Å². The largest absolute Gasteiger partial charge is 0.478 e. The number of hydrogen-bond acceptors (Lipinski definition) is 3. The maximum absolute atomic E-state index is 10.6. The van der Waals surface area contributed by atoms with E-state index < -0.39 is 5.97 Å². The zero-order valence-electron chi connectivity index (χ0n) is 8.59. The quantitative estimate of drug-likeness (QED) is 0.607. The summed E-state index contributed by atoms with van der Waals surface area (Å²) in [5, 5.41) is 8.67. The molecule has 4 heteroatoms. The van der Waals surface area contributed by atoms with Crippen LogP contribution in [0.5, 0.6) is 5.88 Å². The van der Waals surface area contributed by atoms with E-state index in [4.69, 9.17) is 9.84 Å². The minimum atomic E-state index is -1.02. The highest BCUT2D eigenvalue weighted by Gasteiger charge is 2.03. The highest BCUT2D eigenvalue weighted by Crippen LogP contribution is 2.11. The molecule has 0 radical (unpaired) electrons. The molecule has 1 aromatic rings. The Hall–Kier alpha value is -2.36. The Morgan fingerprint density at radius 1 is 1.44 bits per heavy atom. The van der Waals surface area contributed by atoms with Gasteiger partial charge in [0.2, 0.25) is 5.88 Å². The topological polar surface area (TPSA) is 59.4 Å². The van der Waals surface area contributed by atoms with Crippen LogP contribution in [0.4, 0.5) is 0 Å². The van der Waals surface area contributed by atoms with Crippen LogP contribution in [0.25, 0.3) is 0 Å². The lowest BCUT2D eigenvalue weighted by atomic mass is 10.3. The third-order valence-electron chi connectivity index (χ3n) is 1.69. The lowest BCUT2D eigenvalue weighted by Crippen LogP contribution is -1.99. The predicted octanol–water partition coefficient (Wildman–Crippen LogP) is 2.41. The molecular weight excluding hydrogens is 206 g/mol. The van der Waals surface area contributed by atoms with Gasteiger partial charge < -0.3 is 9.84 Å². The van der Waals surface area contributed by atoms with E-state index in [2.05, 4.69) is 18.1 Å². The van der Waals surface area contributed by atoms with Crippen LogP contribution in [0, 0.1) is 0 Å². The van der Waals surface area contributed by atoms with Crippen LogP contribution in [0.15, 0.2) is 55.5 Å². The first-order valence-corrected chi connectivity index (χ1v) is 4.49. The summed E-state index contributed by atoms with van der Waals surface area (Å²) in [6.45, 7) is 7.08. The van der Waals surface area contributed by atoms with Crippen LogP contribution >= 0.6 is 0 Å². The average molecular weight is 217 g/mol. The highest BCUT2D eigenvalue weighted by atomic mass is 16.5. The number of aromatic nitrogens is 1. The molecule has 0 unspecified atom stereocenters. The molecule has 1 heterocycles. The molecule has 82 valence electrons. The van der Waals surface area contributed by atoms with Crippen molar-refractivity contribution in [2.45, 2.75) is 0 Å². The lowest BCUT2D eigenvalue weighted by molar-refractivity contribution is 0.0696. The molecular formula is C12H11NO3. The molecule has 16 heavy (non-hydrogen) atoms. The van der Waals surface area contributed by atoms with Crippen molar-refractivity contribution in [2.75, 3.05) is 0 Å². The van der Waals surface area contributed by atoms with Gasteiger partial charge in [0, 0.05) is 12.3 Å². The van der Waals surface area contributed by atoms with Crippen molar-refractivity contribution in [2.24, 2.45) is 0 Å². The minimum Gasteiger partial charge on any atom is -0.478 e. The zero-order valence-corrected chi connectivity index (χ0v) is 8.59. The van der Waals surface area contributed by atoms with E-state index in [0.29, 0.717) is 11.6 Å². The van der Waals surface area contributed by atoms with E-state index in [9.17, 15) is 4.79 Å². The van der Waals surface area contributed by atoms with Gasteiger partial charge in [0.25, 0.3) is 0 Å². The monoisotopic (exact) mass is 217 g/mol. The van der Waals surface area contributed by atoms with Gasteiger partial charge in [-0.15, -0.1) is 0 Å². The van der Waals surface area contributed by atoms with E-state index in [1.165, 1.54) is 24.4 Å². The number of pyridine rings is 1. The summed E-state index contributed by atoms with van der Waals surface area (Å²) in [5.41, 5.74) is 0.111. The van der Waals surface area contributed by atoms with Gasteiger partial charge in [0.05, 0.1) is 5.56 Å². The number of ether oxygens (including phenoxy) is 1. The molecule has 0 aliphatic rings. The molecule has 0 saturated carbocycles. The first kappa shape index (κ1) is 11.7. The standard InChI is InChI=1S/C12H11NO3/c1-3-5-10(4-2)16-11-7-6-9(8-13-11)12(14)15/h3-8H,1-2H2,(H,14,15)/b10-5+. The molecule has 0 atom stereocenters. The highest BCUT2D eigenvalue weighted by molar-refractivity contribution is 5.87. The first-order chi connectivity index (χ1) is 7.67. The molecule has 0 aromatic carbocycles. The number of allylic oxidation sites excluding steroid dienone is 3. The number of carboxylic acids is 1. The van der Waals surface area contributed by atoms with Crippen LogP contribution in [0.1, 0.15) is 10.4 Å². The third-order valence-corrected chi connectivity index (χ3v) is 1.69. The molecule has 1 N–H and O–H groups in total. The Bertz CT molecular complexity index is 432. The third kappa shape index (κ3) is 3.09. The van der Waals surface area contributed by atoms with Crippen molar-refractivity contribution in [3.05, 3.63) is 61.0 Å². The smallest absolute Gasteiger partial charge is 0.337 e. The summed E-state index contributed by atoms with van der Waals surface area (Å²) in [5.74, 6) is -0.229. The molecule has 0 saturated heterocycles. The van der Waals surface area contributed by atoms with Crippen molar-refractivity contribution in [1.29, 1.82) is 0 Å². The summed E-state index contributed by atoms with van der Waals surface area (Å²) in [6.07, 6.45) is 5.92. The van der Waals surface area contributed by atoms with Gasteiger partial charge in [-0.3, -0.25) is 0 Å². The normalized spacial score (nSPS) is 10.6. The van der Waals surface area contributed by atoms with Gasteiger partial charge >= 0.3 is 5.97 Å². The number of aromatic carboxylic acids is 1. The van der Waals surface area contributed by atoms with Crippen LogP contribution < -0.4 is 4.74 Å². The van der Waals surface area contributed by atoms with Crippen molar-refractivity contribution >= 4 is 5.97 Å². The zero-order chi connectivity index (χ0) is 12.0. The van der Waals surface area contributed by atoms with Crippen molar-refractivity contribution in [3.63, 3.8) is 0 Å². The van der Waals surface area contributed by atoms with Crippen LogP contribution in [0.3, 0.4) is 0 Å². The second-order valence-electron chi connectivity index (χ2n) is 2.80. The molecule has 0 amide bonds. The predicted molar refractivity (Wildman–Crippen MR) is 60.3 cm³/mol. The Kier molecular flexibility index (Phi) is 4.03. The van der Waals surface area contributed by atoms with Crippen molar-refractivity contribution in [3.8, 4) is 5.88 Å². The van der Waals surface area contributed by atoms with Gasteiger partial charge in [0.15, 0.2) is 0 Å². The second kappa shape index (κ2) is 5.50. The van der Waals surface area contributed by atoms with Gasteiger partial charge in [0.1, 0.15) is 5.76 Å². The van der Waals surface area contributed by atoms with E-state index in [-0.39, 0.29) is 5.56 Å². The van der Waals surface area contributed by atoms with Crippen LogP contribution in [-0.4, -0.2) is 16.1 Å². The summed E-state index contributed by atoms with van der Waals surface area (Å²) in [4.78, 5) is 14.4. The fraction of sp³-hybridized carbons (Fsp3) is 0. The molecule has 0 aliphatic heterocycles. The second-order valence-corrected chi connectivity index (χ2v) is 2.80. The van der Waals surface area contributed by atoms with Crippen molar-refractivity contribution < 1.29 is 14.6 Å². The van der Waals surface area contributed by atoms with Crippen LogP contribution in [0.2, 0.25) is 0 Å². The SMILES string of the molecule is C=C/C=C(\C=C)Oc1ccc(C(=O)O)cn1. The lowest BCUT2D eigenvalue weighted by Gasteiger charge is -2.04. The number of rotatable bonds is 5. The summed E-state index contributed by atoms with van der Waals surface area (Å²) >= 11 is 0. The average Bonchev–Trinajstić information content (AvgIpc) is 2.29. The number of carbonyl (C=O) groups is 1. The summed E-state index contributed by atoms with van der Waals surface area (Å²) in [6, 6.07) is 2.89. The molecule has 0 fully saturated rings. The molecule has 0 bridgehead atoms. The molecule has 0 spiro atoms. The Balaban J connectivity index is 2.82. The maximum atomic E-state index is 10.6. The van der Waals surface area contributed by atoms with E-state index in [1.54, 1.807) is 12.2 Å². The van der Waals surface area contributed by atoms with Gasteiger partial charge in [-0.05, 0) is 18.2 Å². The fourth-order valence-corrected chi connectivity index (χ4v) is 0.948. The molecule has 1 rings (SSSR count). The number of carboxylic acid groups (broad SMARTS) is 1. The summed E-state index contributed by atoms with van der Waals surface area (Å²) < 4.78 is 5.31. The van der Waals surface area contributed by atoms with E-state index >= 15 is 0 Å². The fourth-order valence-electron chi connectivity index (χ4n) is 0.948. The van der Waals surface area contributed by atoms with E-state index in [0.717, 1.165) is 0 Å².